The van der Waals surface area contributed by atoms with Crippen molar-refractivity contribution in [2.45, 2.75) is 13.5 Å². The SMILES string of the molecule is CCN(Cc1ccncc1)C(=O)N1CC(C(=O)O)C1. The molecule has 0 saturated carbocycles. The van der Waals surface area contributed by atoms with Gasteiger partial charge >= 0.3 is 12.0 Å². The summed E-state index contributed by atoms with van der Waals surface area (Å²) in [6.45, 7) is 3.64. The molecule has 0 radical (unpaired) electrons. The molecule has 2 amide bonds. The highest BCUT2D eigenvalue weighted by molar-refractivity contribution is 5.79. The van der Waals surface area contributed by atoms with Crippen LogP contribution in [0.3, 0.4) is 0 Å². The number of aromatic nitrogens is 1. The molecule has 1 fully saturated rings. The van der Waals surface area contributed by atoms with Crippen molar-refractivity contribution in [3.05, 3.63) is 30.1 Å². The Hall–Kier alpha value is -2.11. The summed E-state index contributed by atoms with van der Waals surface area (Å²) in [5.41, 5.74) is 1.01. The molecule has 2 rings (SSSR count). The molecule has 0 spiro atoms. The van der Waals surface area contributed by atoms with Crippen LogP contribution in [0.2, 0.25) is 0 Å². The zero-order valence-corrected chi connectivity index (χ0v) is 10.8. The van der Waals surface area contributed by atoms with Gasteiger partial charge in [-0.2, -0.15) is 0 Å². The van der Waals surface area contributed by atoms with Gasteiger partial charge < -0.3 is 14.9 Å². The lowest BCUT2D eigenvalue weighted by atomic mass is 10.0. The van der Waals surface area contributed by atoms with Gasteiger partial charge in [0.2, 0.25) is 0 Å². The Morgan fingerprint density at radius 1 is 1.42 bits per heavy atom. The third kappa shape index (κ3) is 3.01. The number of carbonyl (C=O) groups excluding carboxylic acids is 1. The van der Waals surface area contributed by atoms with E-state index in [1.165, 1.54) is 0 Å². The molecule has 1 N–H and O–H groups in total. The number of carboxylic acids is 1. The monoisotopic (exact) mass is 263 g/mol. The molecular formula is C13H17N3O3. The summed E-state index contributed by atoms with van der Waals surface area (Å²) >= 11 is 0. The zero-order chi connectivity index (χ0) is 13.8. The van der Waals surface area contributed by atoms with Gasteiger partial charge in [-0.15, -0.1) is 0 Å². The summed E-state index contributed by atoms with van der Waals surface area (Å²) in [5, 5.41) is 8.81. The van der Waals surface area contributed by atoms with Crippen LogP contribution in [0, 0.1) is 5.92 Å². The van der Waals surface area contributed by atoms with E-state index in [0.717, 1.165) is 5.56 Å². The third-order valence-electron chi connectivity index (χ3n) is 3.28. The molecule has 1 aromatic heterocycles. The fourth-order valence-electron chi connectivity index (χ4n) is 2.01. The van der Waals surface area contributed by atoms with Crippen molar-refractivity contribution in [2.75, 3.05) is 19.6 Å². The molecule has 1 aliphatic heterocycles. The lowest BCUT2D eigenvalue weighted by Gasteiger charge is -2.39. The van der Waals surface area contributed by atoms with Crippen LogP contribution in [0.25, 0.3) is 0 Å². The molecule has 0 aliphatic carbocycles. The highest BCUT2D eigenvalue weighted by Gasteiger charge is 2.37. The van der Waals surface area contributed by atoms with Gasteiger partial charge in [0.25, 0.3) is 0 Å². The second kappa shape index (κ2) is 5.69. The minimum atomic E-state index is -0.832. The molecule has 1 aliphatic rings. The van der Waals surface area contributed by atoms with Crippen LogP contribution >= 0.6 is 0 Å². The van der Waals surface area contributed by atoms with Crippen molar-refractivity contribution in [3.63, 3.8) is 0 Å². The number of carboxylic acid groups (broad SMARTS) is 1. The predicted octanol–water partition coefficient (Wildman–Crippen LogP) is 1.04. The number of likely N-dealkylation sites (tertiary alicyclic amines) is 1. The van der Waals surface area contributed by atoms with Crippen LogP contribution in [0.5, 0.6) is 0 Å². The molecule has 0 atom stereocenters. The fourth-order valence-corrected chi connectivity index (χ4v) is 2.01. The number of carbonyl (C=O) groups is 2. The van der Waals surface area contributed by atoms with Crippen molar-refractivity contribution in [1.29, 1.82) is 0 Å². The summed E-state index contributed by atoms with van der Waals surface area (Å²) in [6.07, 6.45) is 3.38. The smallest absolute Gasteiger partial charge is 0.320 e. The highest BCUT2D eigenvalue weighted by Crippen LogP contribution is 2.18. The molecule has 6 heteroatoms. The maximum atomic E-state index is 12.2. The maximum absolute atomic E-state index is 12.2. The lowest BCUT2D eigenvalue weighted by Crippen LogP contribution is -2.56. The molecule has 2 heterocycles. The first-order valence-electron chi connectivity index (χ1n) is 6.27. The number of urea groups is 1. The summed E-state index contributed by atoms with van der Waals surface area (Å²) in [5.74, 6) is -1.25. The van der Waals surface area contributed by atoms with Gasteiger partial charge in [0.05, 0.1) is 5.92 Å². The number of pyridine rings is 1. The fraction of sp³-hybridized carbons (Fsp3) is 0.462. The van der Waals surface area contributed by atoms with E-state index in [-0.39, 0.29) is 6.03 Å². The van der Waals surface area contributed by atoms with Gasteiger partial charge in [-0.1, -0.05) is 0 Å². The summed E-state index contributed by atoms with van der Waals surface area (Å²) in [6, 6.07) is 3.63. The number of aliphatic carboxylic acids is 1. The number of hydrogen-bond donors (Lipinski definition) is 1. The summed E-state index contributed by atoms with van der Waals surface area (Å²) in [4.78, 5) is 30.1. The van der Waals surface area contributed by atoms with Gasteiger partial charge in [-0.05, 0) is 24.6 Å². The molecular weight excluding hydrogens is 246 g/mol. The molecule has 6 nitrogen and oxygen atoms in total. The molecule has 102 valence electrons. The van der Waals surface area contributed by atoms with E-state index in [9.17, 15) is 9.59 Å². The lowest BCUT2D eigenvalue weighted by molar-refractivity contribution is -0.146. The quantitative estimate of drug-likeness (QED) is 0.880. The molecule has 1 aromatic rings. The largest absolute Gasteiger partial charge is 0.481 e. The number of amides is 2. The second-order valence-electron chi connectivity index (χ2n) is 4.59. The van der Waals surface area contributed by atoms with E-state index >= 15 is 0 Å². The van der Waals surface area contributed by atoms with Crippen LogP contribution in [-0.4, -0.2) is 51.5 Å². The second-order valence-corrected chi connectivity index (χ2v) is 4.59. The summed E-state index contributed by atoms with van der Waals surface area (Å²) < 4.78 is 0. The molecule has 0 aromatic carbocycles. The minimum Gasteiger partial charge on any atom is -0.481 e. The first kappa shape index (κ1) is 13.3. The molecule has 0 bridgehead atoms. The Morgan fingerprint density at radius 2 is 2.05 bits per heavy atom. The average Bonchev–Trinajstić information content (AvgIpc) is 2.34. The van der Waals surface area contributed by atoms with Crippen molar-refractivity contribution < 1.29 is 14.7 Å². The van der Waals surface area contributed by atoms with Crippen molar-refractivity contribution in [1.82, 2.24) is 14.8 Å². The van der Waals surface area contributed by atoms with Crippen LogP contribution in [0.15, 0.2) is 24.5 Å². The van der Waals surface area contributed by atoms with Crippen LogP contribution in [0.1, 0.15) is 12.5 Å². The Bertz CT molecular complexity index is 457. The Balaban J connectivity index is 1.92. The van der Waals surface area contributed by atoms with Crippen LogP contribution < -0.4 is 0 Å². The number of hydrogen-bond acceptors (Lipinski definition) is 3. The average molecular weight is 263 g/mol. The Labute approximate surface area is 111 Å². The van der Waals surface area contributed by atoms with Crippen molar-refractivity contribution >= 4 is 12.0 Å². The minimum absolute atomic E-state index is 0.100. The van der Waals surface area contributed by atoms with Gasteiger partial charge in [-0.25, -0.2) is 4.79 Å². The van der Waals surface area contributed by atoms with Crippen molar-refractivity contribution in [2.24, 2.45) is 5.92 Å². The predicted molar refractivity (Wildman–Crippen MR) is 68.4 cm³/mol. The molecule has 19 heavy (non-hydrogen) atoms. The van der Waals surface area contributed by atoms with E-state index < -0.39 is 11.9 Å². The van der Waals surface area contributed by atoms with Crippen LogP contribution in [-0.2, 0) is 11.3 Å². The first-order valence-corrected chi connectivity index (χ1v) is 6.27. The van der Waals surface area contributed by atoms with Crippen LogP contribution in [0.4, 0.5) is 4.79 Å². The Kier molecular flexibility index (Phi) is 3.99. The van der Waals surface area contributed by atoms with E-state index in [2.05, 4.69) is 4.98 Å². The van der Waals surface area contributed by atoms with E-state index in [4.69, 9.17) is 5.11 Å². The molecule has 0 unspecified atom stereocenters. The van der Waals surface area contributed by atoms with E-state index in [0.29, 0.717) is 26.2 Å². The van der Waals surface area contributed by atoms with E-state index in [1.54, 1.807) is 22.2 Å². The van der Waals surface area contributed by atoms with Gasteiger partial charge in [0.1, 0.15) is 0 Å². The maximum Gasteiger partial charge on any atom is 0.320 e. The summed E-state index contributed by atoms with van der Waals surface area (Å²) in [7, 11) is 0. The topological polar surface area (TPSA) is 73.7 Å². The Morgan fingerprint density at radius 3 is 2.58 bits per heavy atom. The molecule has 1 saturated heterocycles. The van der Waals surface area contributed by atoms with Gasteiger partial charge in [0.15, 0.2) is 0 Å². The van der Waals surface area contributed by atoms with Gasteiger partial charge in [-0.3, -0.25) is 9.78 Å². The van der Waals surface area contributed by atoms with Crippen molar-refractivity contribution in [3.8, 4) is 0 Å². The number of nitrogens with zero attached hydrogens (tertiary/aromatic N) is 3. The third-order valence-corrected chi connectivity index (χ3v) is 3.28. The van der Waals surface area contributed by atoms with Gasteiger partial charge in [0, 0.05) is 38.6 Å². The first-order chi connectivity index (χ1) is 9.11. The normalized spacial score (nSPS) is 14.9. The zero-order valence-electron chi connectivity index (χ0n) is 10.8. The number of rotatable bonds is 4. The van der Waals surface area contributed by atoms with E-state index in [1.807, 2.05) is 19.1 Å². The standard InChI is InChI=1S/C13H17N3O3/c1-2-15(7-10-3-5-14-6-4-10)13(19)16-8-11(9-16)12(17)18/h3-6,11H,2,7-9H2,1H3,(H,17,18). The highest BCUT2D eigenvalue weighted by atomic mass is 16.4.